The minimum absolute atomic E-state index is 0.136. The summed E-state index contributed by atoms with van der Waals surface area (Å²) in [5.74, 6) is 2.18. The van der Waals surface area contributed by atoms with Crippen molar-refractivity contribution < 1.29 is 4.74 Å². The lowest BCUT2D eigenvalue weighted by Gasteiger charge is -2.18. The number of anilines is 1. The molecule has 104 valence electrons. The maximum atomic E-state index is 5.95. The highest BCUT2D eigenvalue weighted by atomic mass is 16.5. The molecule has 2 aromatic rings. The Kier molecular flexibility index (Phi) is 2.89. The van der Waals surface area contributed by atoms with Crippen LogP contribution in [0.2, 0.25) is 0 Å². The molecular formula is C16H19N3O. The summed E-state index contributed by atoms with van der Waals surface area (Å²) in [5, 5.41) is 0. The number of rotatable bonds is 1. The molecule has 0 unspecified atom stereocenters. The van der Waals surface area contributed by atoms with E-state index in [-0.39, 0.29) is 5.41 Å². The van der Waals surface area contributed by atoms with E-state index >= 15 is 0 Å². The van der Waals surface area contributed by atoms with Gasteiger partial charge in [0.2, 0.25) is 0 Å². The van der Waals surface area contributed by atoms with Crippen molar-refractivity contribution in [2.24, 2.45) is 0 Å². The Morgan fingerprint density at radius 2 is 2.00 bits per heavy atom. The summed E-state index contributed by atoms with van der Waals surface area (Å²) >= 11 is 0. The van der Waals surface area contributed by atoms with Crippen molar-refractivity contribution in [2.45, 2.75) is 32.6 Å². The number of fused-ring (bicyclic) bond motifs is 1. The molecule has 1 aromatic heterocycles. The zero-order valence-corrected chi connectivity index (χ0v) is 12.1. The molecular weight excluding hydrogens is 250 g/mol. The highest BCUT2D eigenvalue weighted by molar-refractivity contribution is 5.71. The molecule has 1 aliphatic heterocycles. The van der Waals surface area contributed by atoms with Gasteiger partial charge in [-0.15, -0.1) is 0 Å². The number of aromatic nitrogens is 2. The maximum absolute atomic E-state index is 5.95. The number of ether oxygens (including phenoxy) is 1. The zero-order chi connectivity index (χ0) is 14.3. The van der Waals surface area contributed by atoms with Crippen LogP contribution in [0.4, 0.5) is 5.82 Å². The van der Waals surface area contributed by atoms with E-state index in [1.54, 1.807) is 0 Å². The Hall–Kier alpha value is -2.10. The van der Waals surface area contributed by atoms with E-state index in [0.717, 1.165) is 35.9 Å². The standard InChI is InChI=1S/C16H19N3O/c1-16(2,3)15-18-12(9-13(17)19-15)11-6-4-5-10-7-8-20-14(10)11/h4-6,9H,7-8H2,1-3H3,(H2,17,18,19). The van der Waals surface area contributed by atoms with Crippen LogP contribution in [-0.4, -0.2) is 16.6 Å². The first-order valence-electron chi connectivity index (χ1n) is 6.85. The summed E-state index contributed by atoms with van der Waals surface area (Å²) in [7, 11) is 0. The molecule has 3 rings (SSSR count). The van der Waals surface area contributed by atoms with Gasteiger partial charge in [-0.1, -0.05) is 32.9 Å². The zero-order valence-electron chi connectivity index (χ0n) is 12.1. The third-order valence-corrected chi connectivity index (χ3v) is 3.41. The smallest absolute Gasteiger partial charge is 0.136 e. The lowest BCUT2D eigenvalue weighted by Crippen LogP contribution is -2.17. The Bertz CT molecular complexity index is 659. The van der Waals surface area contributed by atoms with E-state index in [1.807, 2.05) is 18.2 Å². The molecule has 0 saturated heterocycles. The van der Waals surface area contributed by atoms with Gasteiger partial charge in [-0.2, -0.15) is 0 Å². The molecule has 1 aliphatic rings. The first-order chi connectivity index (χ1) is 9.45. The predicted octanol–water partition coefficient (Wildman–Crippen LogP) is 2.96. The average Bonchev–Trinajstić information content (AvgIpc) is 2.84. The quantitative estimate of drug-likeness (QED) is 0.864. The first-order valence-corrected chi connectivity index (χ1v) is 6.85. The molecule has 4 nitrogen and oxygen atoms in total. The second-order valence-corrected chi connectivity index (χ2v) is 6.14. The number of hydrogen-bond donors (Lipinski definition) is 1. The van der Waals surface area contributed by atoms with E-state index < -0.39 is 0 Å². The van der Waals surface area contributed by atoms with E-state index in [1.165, 1.54) is 5.56 Å². The molecule has 2 heterocycles. The van der Waals surface area contributed by atoms with Gasteiger partial charge in [-0.25, -0.2) is 9.97 Å². The summed E-state index contributed by atoms with van der Waals surface area (Å²) in [6.45, 7) is 6.98. The van der Waals surface area contributed by atoms with Crippen LogP contribution in [0.25, 0.3) is 11.3 Å². The third kappa shape index (κ3) is 2.22. The van der Waals surface area contributed by atoms with Crippen molar-refractivity contribution >= 4 is 5.82 Å². The maximum Gasteiger partial charge on any atom is 0.136 e. The summed E-state index contributed by atoms with van der Waals surface area (Å²) in [6, 6.07) is 7.98. The van der Waals surface area contributed by atoms with Crippen LogP contribution in [0.3, 0.4) is 0 Å². The number of hydrogen-bond acceptors (Lipinski definition) is 4. The van der Waals surface area contributed by atoms with Gasteiger partial charge in [0.15, 0.2) is 0 Å². The normalized spacial score (nSPS) is 13.9. The van der Waals surface area contributed by atoms with Crippen molar-refractivity contribution in [1.82, 2.24) is 9.97 Å². The molecule has 2 N–H and O–H groups in total. The predicted molar refractivity (Wildman–Crippen MR) is 79.8 cm³/mol. The van der Waals surface area contributed by atoms with Gasteiger partial charge < -0.3 is 10.5 Å². The van der Waals surface area contributed by atoms with E-state index in [2.05, 4.69) is 36.8 Å². The summed E-state index contributed by atoms with van der Waals surface area (Å²) < 4.78 is 5.75. The largest absolute Gasteiger partial charge is 0.492 e. The molecule has 0 bridgehead atoms. The van der Waals surface area contributed by atoms with Crippen LogP contribution in [0, 0.1) is 0 Å². The fourth-order valence-corrected chi connectivity index (χ4v) is 2.36. The second-order valence-electron chi connectivity index (χ2n) is 6.14. The number of para-hydroxylation sites is 1. The Morgan fingerprint density at radius 1 is 1.20 bits per heavy atom. The summed E-state index contributed by atoms with van der Waals surface area (Å²) in [6.07, 6.45) is 0.954. The monoisotopic (exact) mass is 269 g/mol. The minimum Gasteiger partial charge on any atom is -0.492 e. The highest BCUT2D eigenvalue weighted by Gasteiger charge is 2.22. The minimum atomic E-state index is -0.136. The van der Waals surface area contributed by atoms with Crippen molar-refractivity contribution in [3.63, 3.8) is 0 Å². The molecule has 0 spiro atoms. The van der Waals surface area contributed by atoms with Gasteiger partial charge >= 0.3 is 0 Å². The van der Waals surface area contributed by atoms with Crippen LogP contribution in [0.15, 0.2) is 24.3 Å². The van der Waals surface area contributed by atoms with Crippen LogP contribution in [0.5, 0.6) is 5.75 Å². The van der Waals surface area contributed by atoms with Gasteiger partial charge in [0.1, 0.15) is 17.4 Å². The topological polar surface area (TPSA) is 61.0 Å². The highest BCUT2D eigenvalue weighted by Crippen LogP contribution is 2.36. The molecule has 20 heavy (non-hydrogen) atoms. The Labute approximate surface area is 119 Å². The van der Waals surface area contributed by atoms with Crippen molar-refractivity contribution in [3.05, 3.63) is 35.7 Å². The van der Waals surface area contributed by atoms with Gasteiger partial charge in [0.05, 0.1) is 12.3 Å². The second kappa shape index (κ2) is 4.47. The number of benzene rings is 1. The molecule has 0 atom stereocenters. The van der Waals surface area contributed by atoms with Crippen molar-refractivity contribution in [3.8, 4) is 17.0 Å². The first kappa shape index (κ1) is 12.9. The lowest BCUT2D eigenvalue weighted by molar-refractivity contribution is 0.358. The summed E-state index contributed by atoms with van der Waals surface area (Å²) in [5.41, 5.74) is 8.88. The number of nitrogen functional groups attached to an aromatic ring is 1. The van der Waals surface area contributed by atoms with Gasteiger partial charge in [0.25, 0.3) is 0 Å². The van der Waals surface area contributed by atoms with Gasteiger partial charge in [-0.3, -0.25) is 0 Å². The lowest BCUT2D eigenvalue weighted by atomic mass is 9.95. The van der Waals surface area contributed by atoms with Gasteiger partial charge in [0, 0.05) is 23.5 Å². The van der Waals surface area contributed by atoms with Crippen LogP contribution >= 0.6 is 0 Å². The molecule has 0 amide bonds. The molecule has 4 heteroatoms. The fraction of sp³-hybridized carbons (Fsp3) is 0.375. The third-order valence-electron chi connectivity index (χ3n) is 3.41. The van der Waals surface area contributed by atoms with Crippen molar-refractivity contribution in [1.29, 1.82) is 0 Å². The van der Waals surface area contributed by atoms with Crippen molar-refractivity contribution in [2.75, 3.05) is 12.3 Å². The molecule has 0 saturated carbocycles. The van der Waals surface area contributed by atoms with E-state index in [0.29, 0.717) is 5.82 Å². The molecule has 1 aromatic carbocycles. The Balaban J connectivity index is 2.16. The average molecular weight is 269 g/mol. The van der Waals surface area contributed by atoms with Crippen LogP contribution < -0.4 is 10.5 Å². The van der Waals surface area contributed by atoms with Crippen LogP contribution in [0.1, 0.15) is 32.2 Å². The number of nitrogens with zero attached hydrogens (tertiary/aromatic N) is 2. The van der Waals surface area contributed by atoms with E-state index in [4.69, 9.17) is 10.5 Å². The Morgan fingerprint density at radius 3 is 2.75 bits per heavy atom. The molecule has 0 aliphatic carbocycles. The number of nitrogens with two attached hydrogens (primary N) is 1. The summed E-state index contributed by atoms with van der Waals surface area (Å²) in [4.78, 5) is 9.03. The fourth-order valence-electron chi connectivity index (χ4n) is 2.36. The SMILES string of the molecule is CC(C)(C)c1nc(N)cc(-c2cccc3c2OCC3)n1. The molecule has 0 fully saturated rings. The van der Waals surface area contributed by atoms with E-state index in [9.17, 15) is 0 Å². The van der Waals surface area contributed by atoms with Crippen LogP contribution in [-0.2, 0) is 11.8 Å². The molecule has 0 radical (unpaired) electrons. The van der Waals surface area contributed by atoms with Gasteiger partial charge in [-0.05, 0) is 11.6 Å².